The summed E-state index contributed by atoms with van der Waals surface area (Å²) in [7, 11) is -3.51. The highest BCUT2D eigenvalue weighted by Crippen LogP contribution is 2.39. The molecule has 1 aromatic carbocycles. The van der Waals surface area contributed by atoms with Gasteiger partial charge in [0.25, 0.3) is 0 Å². The van der Waals surface area contributed by atoms with E-state index in [0.717, 1.165) is 0 Å². The number of hydrogen-bond donors (Lipinski definition) is 0. The Balaban J connectivity index is 3.46. The average Bonchev–Trinajstić information content (AvgIpc) is 2.32. The maximum atomic E-state index is 3.88. The monoisotopic (exact) mass is 364 g/mol. The second-order valence-corrected chi connectivity index (χ2v) is 51.1. The van der Waals surface area contributed by atoms with Gasteiger partial charge in [0.1, 0.15) is 0 Å². The second kappa shape index (κ2) is 6.38. The quantitative estimate of drug-likeness (QED) is 0.534. The van der Waals surface area contributed by atoms with Crippen molar-refractivity contribution in [1.82, 2.24) is 0 Å². The topological polar surface area (TPSA) is 0 Å². The number of benzene rings is 1. The molecule has 0 aliphatic heterocycles. The summed E-state index contributed by atoms with van der Waals surface area (Å²) in [6.45, 7) is 26.7. The molecular weight excluding hydrogens is 329 g/mol. The molecule has 22 heavy (non-hydrogen) atoms. The summed E-state index contributed by atoms with van der Waals surface area (Å²) in [5.74, 6) is 0. The van der Waals surface area contributed by atoms with Crippen LogP contribution in [0.2, 0.25) is 58.9 Å². The smallest absolute Gasteiger partial charge is 0.0420 e. The van der Waals surface area contributed by atoms with Gasteiger partial charge < -0.3 is 0 Å². The van der Waals surface area contributed by atoms with E-state index in [2.05, 4.69) is 89.8 Å². The number of hydrogen-bond acceptors (Lipinski definition) is 0. The molecule has 0 spiro atoms. The van der Waals surface area contributed by atoms with E-state index in [1.807, 2.05) is 6.08 Å². The van der Waals surface area contributed by atoms with Crippen LogP contribution in [0.4, 0.5) is 0 Å². The SMILES string of the molecule is C=Cc1ccc(C[Si]([Si](C)(C)C)([Si](C)(C)C)[Si](C)(C)C)cc1. The minimum atomic E-state index is -1.28. The van der Waals surface area contributed by atoms with Crippen molar-refractivity contribution < 1.29 is 0 Å². The van der Waals surface area contributed by atoms with Crippen molar-refractivity contribution >= 4 is 35.5 Å². The third-order valence-electron chi connectivity index (χ3n) is 5.53. The minimum absolute atomic E-state index is 1.17. The van der Waals surface area contributed by atoms with Crippen molar-refractivity contribution in [2.75, 3.05) is 0 Å². The zero-order chi connectivity index (χ0) is 17.4. The van der Waals surface area contributed by atoms with Gasteiger partial charge in [-0.3, -0.25) is 0 Å². The fourth-order valence-corrected chi connectivity index (χ4v) is 102. The molecule has 0 atom stereocenters. The Bertz CT molecular complexity index is 474. The molecule has 0 saturated carbocycles. The van der Waals surface area contributed by atoms with Gasteiger partial charge in [-0.25, -0.2) is 0 Å². The normalized spacial score (nSPS) is 14.0. The van der Waals surface area contributed by atoms with E-state index in [1.165, 1.54) is 11.6 Å². The van der Waals surface area contributed by atoms with Crippen molar-refractivity contribution in [2.24, 2.45) is 0 Å². The zero-order valence-electron chi connectivity index (χ0n) is 16.3. The molecule has 0 heterocycles. The summed E-state index contributed by atoms with van der Waals surface area (Å²) < 4.78 is 0. The van der Waals surface area contributed by atoms with E-state index in [4.69, 9.17) is 0 Å². The van der Waals surface area contributed by atoms with Crippen molar-refractivity contribution in [3.05, 3.63) is 42.0 Å². The van der Waals surface area contributed by atoms with Crippen LogP contribution in [-0.2, 0) is 6.04 Å². The first-order chi connectivity index (χ1) is 9.76. The zero-order valence-corrected chi connectivity index (χ0v) is 20.3. The van der Waals surface area contributed by atoms with Crippen LogP contribution in [0.3, 0.4) is 0 Å². The Labute approximate surface area is 142 Å². The second-order valence-electron chi connectivity index (χ2n) is 9.78. The Morgan fingerprint density at radius 2 is 1.09 bits per heavy atom. The first-order valence-electron chi connectivity index (χ1n) is 8.48. The molecule has 0 amide bonds. The van der Waals surface area contributed by atoms with Crippen LogP contribution in [0.1, 0.15) is 11.1 Å². The van der Waals surface area contributed by atoms with E-state index >= 15 is 0 Å². The first-order valence-corrected chi connectivity index (χ1v) is 24.2. The van der Waals surface area contributed by atoms with Gasteiger partial charge in [0.2, 0.25) is 0 Å². The molecule has 1 aromatic rings. The van der Waals surface area contributed by atoms with Crippen LogP contribution in [0.15, 0.2) is 30.8 Å². The minimum Gasteiger partial charge on any atom is -0.0985 e. The lowest BCUT2D eigenvalue weighted by Gasteiger charge is -2.57. The lowest BCUT2D eigenvalue weighted by atomic mass is 10.1. The van der Waals surface area contributed by atoms with Crippen molar-refractivity contribution in [1.29, 1.82) is 0 Å². The largest absolute Gasteiger partial charge is 0.0985 e. The van der Waals surface area contributed by atoms with Crippen LogP contribution in [-0.4, -0.2) is 29.4 Å². The van der Waals surface area contributed by atoms with Gasteiger partial charge in [-0.1, -0.05) is 101 Å². The summed E-state index contributed by atoms with van der Waals surface area (Å²) in [4.78, 5) is 0. The molecule has 0 aliphatic carbocycles. The molecule has 0 nitrogen and oxygen atoms in total. The van der Waals surface area contributed by atoms with E-state index < -0.39 is 29.4 Å². The summed E-state index contributed by atoms with van der Waals surface area (Å²) in [5, 5.41) is 0. The Kier molecular flexibility index (Phi) is 5.76. The van der Waals surface area contributed by atoms with Gasteiger partial charge >= 0.3 is 0 Å². The van der Waals surface area contributed by atoms with Crippen molar-refractivity contribution in [3.63, 3.8) is 0 Å². The van der Waals surface area contributed by atoms with Crippen LogP contribution in [0, 0.1) is 0 Å². The van der Waals surface area contributed by atoms with Crippen molar-refractivity contribution in [3.8, 4) is 0 Å². The van der Waals surface area contributed by atoms with E-state index in [0.29, 0.717) is 0 Å². The van der Waals surface area contributed by atoms with Crippen LogP contribution in [0.5, 0.6) is 0 Å². The van der Waals surface area contributed by atoms with E-state index in [9.17, 15) is 0 Å². The molecular formula is C18H36Si4. The van der Waals surface area contributed by atoms with Crippen LogP contribution < -0.4 is 0 Å². The van der Waals surface area contributed by atoms with Gasteiger partial charge in [0, 0.05) is 29.4 Å². The van der Waals surface area contributed by atoms with Gasteiger partial charge in [-0.15, -0.1) is 0 Å². The Morgan fingerprint density at radius 3 is 1.36 bits per heavy atom. The molecule has 0 unspecified atom stereocenters. The lowest BCUT2D eigenvalue weighted by molar-refractivity contribution is 1.35. The molecule has 124 valence electrons. The maximum absolute atomic E-state index is 3.88. The third-order valence-corrected chi connectivity index (χ3v) is 79.3. The van der Waals surface area contributed by atoms with Gasteiger partial charge in [0.05, 0.1) is 0 Å². The van der Waals surface area contributed by atoms with Gasteiger partial charge in [0.15, 0.2) is 0 Å². The fourth-order valence-electron chi connectivity index (χ4n) is 5.25. The van der Waals surface area contributed by atoms with Gasteiger partial charge in [-0.05, 0) is 11.6 Å². The summed E-state index contributed by atoms with van der Waals surface area (Å²) in [6.07, 6.45) is 1.95. The molecule has 0 fully saturated rings. The van der Waals surface area contributed by atoms with Crippen LogP contribution in [0.25, 0.3) is 6.08 Å². The van der Waals surface area contributed by atoms with E-state index in [1.54, 1.807) is 5.56 Å². The molecule has 0 bridgehead atoms. The van der Waals surface area contributed by atoms with Crippen molar-refractivity contribution in [2.45, 2.75) is 65.0 Å². The maximum Gasteiger partial charge on any atom is 0.0420 e. The Hall–Kier alpha value is -0.172. The predicted molar refractivity (Wildman–Crippen MR) is 116 cm³/mol. The average molecular weight is 365 g/mol. The highest BCUT2D eigenvalue weighted by atomic mass is 29.9. The highest BCUT2D eigenvalue weighted by molar-refractivity contribution is 7.89. The molecule has 1 rings (SSSR count). The molecule has 0 aliphatic rings. The van der Waals surface area contributed by atoms with Crippen LogP contribution >= 0.6 is 0 Å². The predicted octanol–water partition coefficient (Wildman–Crippen LogP) is 6.11. The highest BCUT2D eigenvalue weighted by Gasteiger charge is 2.60. The first kappa shape index (κ1) is 19.9. The summed E-state index contributed by atoms with van der Waals surface area (Å²) in [5.41, 5.74) is 2.83. The third kappa shape index (κ3) is 3.66. The van der Waals surface area contributed by atoms with E-state index in [-0.39, 0.29) is 0 Å². The summed E-state index contributed by atoms with van der Waals surface area (Å²) >= 11 is 0. The molecule has 4 heteroatoms. The lowest BCUT2D eigenvalue weighted by Crippen LogP contribution is -2.84. The molecule has 0 aromatic heterocycles. The molecule has 0 radical (unpaired) electrons. The molecule has 0 saturated heterocycles. The van der Waals surface area contributed by atoms with Gasteiger partial charge in [-0.2, -0.15) is 0 Å². The fraction of sp³-hybridized carbons (Fsp3) is 0.556. The summed E-state index contributed by atoms with van der Waals surface area (Å²) in [6, 6.07) is 10.7. The Morgan fingerprint density at radius 1 is 0.727 bits per heavy atom. The standard InChI is InChI=1S/C18H36Si4/c1-11-17-12-14-18(15-13-17)16-22(19(2,3)4,20(5,6)7)21(8,9)10/h11-15H,1,16H2,2-10H3. The number of rotatable bonds is 6. The molecule has 0 N–H and O–H groups in total.